The molecular weight excluding hydrogens is 529 g/mol. The van der Waals surface area contributed by atoms with Gasteiger partial charge < -0.3 is 9.47 Å². The van der Waals surface area contributed by atoms with Gasteiger partial charge in [0, 0.05) is 28.6 Å². The number of pyridine rings is 1. The van der Waals surface area contributed by atoms with E-state index in [1.807, 2.05) is 30.3 Å². The lowest BCUT2D eigenvalue weighted by Gasteiger charge is -2.38. The molecule has 0 fully saturated rings. The average Bonchev–Trinajstić information content (AvgIpc) is 3.02. The smallest absolute Gasteiger partial charge is 0.148 e. The van der Waals surface area contributed by atoms with Gasteiger partial charge in [0.1, 0.15) is 23.0 Å². The van der Waals surface area contributed by atoms with E-state index in [-0.39, 0.29) is 0 Å². The van der Waals surface area contributed by atoms with Crippen molar-refractivity contribution in [2.45, 2.75) is 0 Å². The number of aromatic nitrogens is 1. The summed E-state index contributed by atoms with van der Waals surface area (Å²) in [6.45, 7) is 0. The van der Waals surface area contributed by atoms with Gasteiger partial charge in [0.05, 0.1) is 11.3 Å². The van der Waals surface area contributed by atoms with Crippen molar-refractivity contribution >= 4 is 33.8 Å². The topological polar surface area (TPSA) is 31.4 Å². The van der Waals surface area contributed by atoms with Crippen LogP contribution in [0.5, 0.6) is 23.0 Å². The molecule has 0 spiro atoms. The minimum Gasteiger partial charge on any atom is -0.456 e. The van der Waals surface area contributed by atoms with E-state index in [9.17, 15) is 0 Å². The number of ether oxygens (including phenoxy) is 2. The highest BCUT2D eigenvalue weighted by molar-refractivity contribution is 8.26. The van der Waals surface area contributed by atoms with E-state index in [1.165, 1.54) is 0 Å². The Hall–Kier alpha value is -4.50. The van der Waals surface area contributed by atoms with Crippen molar-refractivity contribution in [3.05, 3.63) is 134 Å². The SMILES string of the molecule is S=P12c3cc(-c4ccccc4)ccc3Oc3ccc(-c4ccncc4)c(c31)Oc1ccc(-c3ccccc3)cc12. The Morgan fingerprint density at radius 1 is 0.500 bits per heavy atom. The van der Waals surface area contributed by atoms with Crippen LogP contribution in [0.25, 0.3) is 33.4 Å². The number of hydrogen-bond donors (Lipinski definition) is 0. The van der Waals surface area contributed by atoms with Gasteiger partial charge >= 0.3 is 0 Å². The Kier molecular flexibility index (Phi) is 5.28. The van der Waals surface area contributed by atoms with Crippen molar-refractivity contribution in [2.24, 2.45) is 0 Å². The zero-order chi connectivity index (χ0) is 26.7. The summed E-state index contributed by atoms with van der Waals surface area (Å²) < 4.78 is 13.3. The van der Waals surface area contributed by atoms with Crippen molar-refractivity contribution in [3.63, 3.8) is 0 Å². The molecular formula is C35H22NO2PS. The molecule has 3 nitrogen and oxygen atoms in total. The molecule has 5 heteroatoms. The van der Waals surface area contributed by atoms with Gasteiger partial charge in [-0.15, -0.1) is 0 Å². The first-order valence-corrected chi connectivity index (χ1v) is 15.9. The second kappa shape index (κ2) is 9.02. The lowest BCUT2D eigenvalue weighted by Crippen LogP contribution is -2.35. The molecule has 0 aliphatic carbocycles. The van der Waals surface area contributed by atoms with Gasteiger partial charge in [0.15, 0.2) is 0 Å². The average molecular weight is 552 g/mol. The van der Waals surface area contributed by atoms with E-state index in [1.54, 1.807) is 12.4 Å². The van der Waals surface area contributed by atoms with Crippen LogP contribution in [0.4, 0.5) is 0 Å². The van der Waals surface area contributed by atoms with E-state index < -0.39 is 6.04 Å². The maximum absolute atomic E-state index is 6.93. The number of fused-ring (bicyclic) bond motifs is 4. The van der Waals surface area contributed by atoms with Gasteiger partial charge in [-0.25, -0.2) is 0 Å². The first-order chi connectivity index (χ1) is 19.7. The molecule has 2 aliphatic rings. The Balaban J connectivity index is 1.43. The predicted octanol–water partition coefficient (Wildman–Crippen LogP) is 8.05. The van der Waals surface area contributed by atoms with Crippen molar-refractivity contribution in [1.82, 2.24) is 4.98 Å². The van der Waals surface area contributed by atoms with Crippen molar-refractivity contribution in [3.8, 4) is 56.4 Å². The van der Waals surface area contributed by atoms with E-state index >= 15 is 0 Å². The third kappa shape index (κ3) is 3.50. The molecule has 1 aromatic heterocycles. The minimum atomic E-state index is -2.59. The molecule has 1 atom stereocenters. The second-order valence-electron chi connectivity index (χ2n) is 9.94. The summed E-state index contributed by atoms with van der Waals surface area (Å²) in [6.07, 6.45) is 3.61. The molecule has 6 aromatic rings. The summed E-state index contributed by atoms with van der Waals surface area (Å²) >= 11 is 6.93. The molecule has 0 bridgehead atoms. The number of benzene rings is 5. The van der Waals surface area contributed by atoms with Crippen LogP contribution in [-0.2, 0) is 11.8 Å². The Morgan fingerprint density at radius 3 is 1.65 bits per heavy atom. The zero-order valence-corrected chi connectivity index (χ0v) is 23.0. The highest BCUT2D eigenvalue weighted by atomic mass is 32.4. The maximum atomic E-state index is 6.93. The van der Waals surface area contributed by atoms with E-state index in [4.69, 9.17) is 21.3 Å². The largest absolute Gasteiger partial charge is 0.456 e. The summed E-state index contributed by atoms with van der Waals surface area (Å²) in [5.41, 5.74) is 6.55. The Morgan fingerprint density at radius 2 is 1.05 bits per heavy atom. The van der Waals surface area contributed by atoms with Gasteiger partial charge in [-0.3, -0.25) is 4.98 Å². The molecule has 0 N–H and O–H groups in total. The Labute approximate surface area is 237 Å². The fourth-order valence-corrected chi connectivity index (χ4v) is 10.2. The lowest BCUT2D eigenvalue weighted by molar-refractivity contribution is 0.467. The van der Waals surface area contributed by atoms with Crippen LogP contribution in [0.3, 0.4) is 0 Å². The quantitative estimate of drug-likeness (QED) is 0.208. The normalized spacial score (nSPS) is 16.1. The van der Waals surface area contributed by atoms with E-state index in [0.29, 0.717) is 0 Å². The molecule has 0 saturated heterocycles. The fraction of sp³-hybridized carbons (Fsp3) is 0. The number of hydrogen-bond acceptors (Lipinski definition) is 4. The van der Waals surface area contributed by atoms with Crippen LogP contribution < -0.4 is 25.4 Å². The summed E-state index contributed by atoms with van der Waals surface area (Å²) in [4.78, 5) is 4.22. The monoisotopic (exact) mass is 551 g/mol. The van der Waals surface area contributed by atoms with Gasteiger partial charge in [-0.05, 0) is 76.3 Å². The van der Waals surface area contributed by atoms with Crippen molar-refractivity contribution in [1.29, 1.82) is 0 Å². The van der Waals surface area contributed by atoms with Gasteiger partial charge in [-0.1, -0.05) is 84.6 Å². The third-order valence-corrected chi connectivity index (χ3v) is 12.5. The van der Waals surface area contributed by atoms with Crippen LogP contribution in [0.1, 0.15) is 0 Å². The first-order valence-electron chi connectivity index (χ1n) is 13.1. The number of nitrogens with zero attached hydrogens (tertiary/aromatic N) is 1. The number of rotatable bonds is 3. The minimum absolute atomic E-state index is 0.770. The molecule has 3 heterocycles. The predicted molar refractivity (Wildman–Crippen MR) is 167 cm³/mol. The molecule has 8 rings (SSSR count). The van der Waals surface area contributed by atoms with Gasteiger partial charge in [0.2, 0.25) is 0 Å². The van der Waals surface area contributed by atoms with Crippen LogP contribution in [-0.4, -0.2) is 4.98 Å². The third-order valence-electron chi connectivity index (χ3n) is 7.64. The highest BCUT2D eigenvalue weighted by Crippen LogP contribution is 2.60. The second-order valence-corrected chi connectivity index (χ2v) is 14.2. The van der Waals surface area contributed by atoms with Crippen molar-refractivity contribution in [2.75, 3.05) is 0 Å². The van der Waals surface area contributed by atoms with Crippen LogP contribution >= 0.6 is 6.04 Å². The van der Waals surface area contributed by atoms with E-state index in [2.05, 4.69) is 96.0 Å². The van der Waals surface area contributed by atoms with Crippen molar-refractivity contribution < 1.29 is 9.47 Å². The summed E-state index contributed by atoms with van der Waals surface area (Å²) in [5.74, 6) is 3.17. The highest BCUT2D eigenvalue weighted by Gasteiger charge is 2.44. The molecule has 5 aromatic carbocycles. The summed E-state index contributed by atoms with van der Waals surface area (Å²) in [6, 6.07) is 39.2. The molecule has 40 heavy (non-hydrogen) atoms. The molecule has 0 amide bonds. The molecule has 2 aliphatic heterocycles. The first kappa shape index (κ1) is 23.4. The molecule has 0 radical (unpaired) electrons. The van der Waals surface area contributed by atoms with Crippen LogP contribution in [0.15, 0.2) is 134 Å². The lowest BCUT2D eigenvalue weighted by atomic mass is 10.0. The molecule has 1 unspecified atom stereocenters. The fourth-order valence-electron chi connectivity index (χ4n) is 5.71. The van der Waals surface area contributed by atoms with Gasteiger partial charge in [-0.2, -0.15) is 0 Å². The Bertz CT molecular complexity index is 1920. The summed E-state index contributed by atoms with van der Waals surface area (Å²) in [5, 5.41) is 3.09. The van der Waals surface area contributed by atoms with Crippen LogP contribution in [0, 0.1) is 0 Å². The summed E-state index contributed by atoms with van der Waals surface area (Å²) in [7, 11) is 0. The van der Waals surface area contributed by atoms with E-state index in [0.717, 1.165) is 72.3 Å². The zero-order valence-electron chi connectivity index (χ0n) is 21.3. The molecule has 190 valence electrons. The standard InChI is InChI=1S/C35H22NO2PS/c40-39-32-21-26(23-7-3-1-4-8-23)11-14-29(32)37-31-16-13-28(25-17-19-36-20-18-25)34(35(31)39)38-30-15-12-27(22-33(30)39)24-9-5-2-6-10-24/h1-22H. The van der Waals surface area contributed by atoms with Crippen LogP contribution in [0.2, 0.25) is 0 Å². The molecule has 0 saturated carbocycles. The maximum Gasteiger partial charge on any atom is 0.148 e. The van der Waals surface area contributed by atoms with Gasteiger partial charge in [0.25, 0.3) is 0 Å².